The van der Waals surface area contributed by atoms with Crippen molar-refractivity contribution < 1.29 is 14.6 Å². The fourth-order valence-electron chi connectivity index (χ4n) is 2.45. The number of carbonyl (C=O) groups excluding carboxylic acids is 1. The first kappa shape index (κ1) is 18.8. The standard InChI is InChI=1S/C19H20N4O3S/c1-23-17(11-13-7-9-14(26-2)10-8-13)21-22-19(23)27-12-18(25)20-15-5-3-4-6-16(15)24/h3-10,24H,11-12H2,1-2H3,(H,20,25). The van der Waals surface area contributed by atoms with E-state index in [0.717, 1.165) is 17.1 Å². The third-order valence-electron chi connectivity index (χ3n) is 3.96. The van der Waals surface area contributed by atoms with Gasteiger partial charge in [-0.3, -0.25) is 4.79 Å². The number of anilines is 1. The number of para-hydroxylation sites is 2. The zero-order valence-corrected chi connectivity index (χ0v) is 15.9. The Morgan fingerprint density at radius 1 is 1.19 bits per heavy atom. The van der Waals surface area contributed by atoms with Crippen LogP contribution in [0.25, 0.3) is 0 Å². The number of aromatic nitrogens is 3. The molecule has 0 aliphatic heterocycles. The highest BCUT2D eigenvalue weighted by Gasteiger charge is 2.13. The number of carbonyl (C=O) groups is 1. The molecule has 0 aliphatic rings. The average molecular weight is 384 g/mol. The average Bonchev–Trinajstić information content (AvgIpc) is 3.02. The molecule has 0 saturated carbocycles. The Bertz CT molecular complexity index is 925. The van der Waals surface area contributed by atoms with Gasteiger partial charge in [0.2, 0.25) is 5.91 Å². The number of methoxy groups -OCH3 is 1. The highest BCUT2D eigenvalue weighted by Crippen LogP contribution is 2.23. The van der Waals surface area contributed by atoms with Crippen LogP contribution in [0, 0.1) is 0 Å². The van der Waals surface area contributed by atoms with Crippen LogP contribution in [0.2, 0.25) is 0 Å². The molecule has 0 radical (unpaired) electrons. The summed E-state index contributed by atoms with van der Waals surface area (Å²) in [5.74, 6) is 1.60. The summed E-state index contributed by atoms with van der Waals surface area (Å²) in [4.78, 5) is 12.1. The van der Waals surface area contributed by atoms with Crippen LogP contribution < -0.4 is 10.1 Å². The maximum Gasteiger partial charge on any atom is 0.234 e. The number of thioether (sulfide) groups is 1. The zero-order valence-electron chi connectivity index (χ0n) is 15.0. The molecular formula is C19H20N4O3S. The van der Waals surface area contributed by atoms with Crippen molar-refractivity contribution in [1.82, 2.24) is 14.8 Å². The maximum atomic E-state index is 12.1. The van der Waals surface area contributed by atoms with Gasteiger partial charge in [-0.2, -0.15) is 0 Å². The smallest absolute Gasteiger partial charge is 0.234 e. The van der Waals surface area contributed by atoms with E-state index in [0.29, 0.717) is 17.3 Å². The Morgan fingerprint density at radius 2 is 1.93 bits per heavy atom. The van der Waals surface area contributed by atoms with Crippen LogP contribution in [0.1, 0.15) is 11.4 Å². The van der Waals surface area contributed by atoms with Crippen molar-refractivity contribution in [1.29, 1.82) is 0 Å². The SMILES string of the molecule is COc1ccc(Cc2nnc(SCC(=O)Nc3ccccc3O)n2C)cc1. The third kappa shape index (κ3) is 4.79. The fourth-order valence-corrected chi connectivity index (χ4v) is 3.18. The molecule has 0 saturated heterocycles. The fraction of sp³-hybridized carbons (Fsp3) is 0.211. The van der Waals surface area contributed by atoms with E-state index >= 15 is 0 Å². The third-order valence-corrected chi connectivity index (χ3v) is 4.98. The number of phenols is 1. The lowest BCUT2D eigenvalue weighted by atomic mass is 10.1. The quantitative estimate of drug-likeness (QED) is 0.481. The summed E-state index contributed by atoms with van der Waals surface area (Å²) >= 11 is 1.29. The van der Waals surface area contributed by atoms with Crippen LogP contribution in [0.5, 0.6) is 11.5 Å². The van der Waals surface area contributed by atoms with E-state index in [1.54, 1.807) is 25.3 Å². The van der Waals surface area contributed by atoms with Crippen LogP contribution in [0.3, 0.4) is 0 Å². The lowest BCUT2D eigenvalue weighted by Crippen LogP contribution is -2.14. The van der Waals surface area contributed by atoms with Crippen LogP contribution >= 0.6 is 11.8 Å². The zero-order chi connectivity index (χ0) is 19.2. The molecule has 1 aromatic heterocycles. The predicted octanol–water partition coefficient (Wildman–Crippen LogP) is 2.85. The molecule has 2 aromatic carbocycles. The van der Waals surface area contributed by atoms with Gasteiger partial charge >= 0.3 is 0 Å². The summed E-state index contributed by atoms with van der Waals surface area (Å²) in [6.07, 6.45) is 0.637. The van der Waals surface area contributed by atoms with Gasteiger partial charge in [0.15, 0.2) is 5.16 Å². The molecule has 3 rings (SSSR count). The molecule has 0 bridgehead atoms. The van der Waals surface area contributed by atoms with Gasteiger partial charge < -0.3 is 19.7 Å². The summed E-state index contributed by atoms with van der Waals surface area (Å²) in [6, 6.07) is 14.4. The lowest BCUT2D eigenvalue weighted by molar-refractivity contribution is -0.113. The molecule has 0 spiro atoms. The van der Waals surface area contributed by atoms with Crippen molar-refractivity contribution in [2.45, 2.75) is 11.6 Å². The molecule has 0 unspecified atom stereocenters. The molecule has 7 nitrogen and oxygen atoms in total. The lowest BCUT2D eigenvalue weighted by Gasteiger charge is -2.07. The molecule has 0 aliphatic carbocycles. The molecule has 0 atom stereocenters. The topological polar surface area (TPSA) is 89.3 Å². The Labute approximate surface area is 161 Å². The van der Waals surface area contributed by atoms with Gasteiger partial charge in [-0.1, -0.05) is 36.0 Å². The number of hydrogen-bond acceptors (Lipinski definition) is 6. The first-order valence-corrected chi connectivity index (χ1v) is 9.27. The van der Waals surface area contributed by atoms with Gasteiger partial charge in [-0.15, -0.1) is 10.2 Å². The highest BCUT2D eigenvalue weighted by molar-refractivity contribution is 7.99. The van der Waals surface area contributed by atoms with Crippen LogP contribution in [-0.2, 0) is 18.3 Å². The van der Waals surface area contributed by atoms with E-state index in [9.17, 15) is 9.90 Å². The van der Waals surface area contributed by atoms with E-state index in [2.05, 4.69) is 15.5 Å². The van der Waals surface area contributed by atoms with Crippen molar-refractivity contribution in [3.8, 4) is 11.5 Å². The summed E-state index contributed by atoms with van der Waals surface area (Å²) < 4.78 is 7.04. The molecule has 0 fully saturated rings. The molecule has 1 heterocycles. The largest absolute Gasteiger partial charge is 0.506 e. The number of hydrogen-bond donors (Lipinski definition) is 2. The number of rotatable bonds is 7. The number of amides is 1. The molecule has 27 heavy (non-hydrogen) atoms. The predicted molar refractivity (Wildman–Crippen MR) is 104 cm³/mol. The molecule has 3 aromatic rings. The maximum absolute atomic E-state index is 12.1. The first-order valence-electron chi connectivity index (χ1n) is 8.28. The van der Waals surface area contributed by atoms with Crippen LogP contribution in [0.4, 0.5) is 5.69 Å². The highest BCUT2D eigenvalue weighted by atomic mass is 32.2. The number of nitrogens with zero attached hydrogens (tertiary/aromatic N) is 3. The molecular weight excluding hydrogens is 364 g/mol. The normalized spacial score (nSPS) is 10.6. The van der Waals surface area contributed by atoms with E-state index in [-0.39, 0.29) is 17.4 Å². The van der Waals surface area contributed by atoms with Gasteiger partial charge in [0.1, 0.15) is 17.3 Å². The van der Waals surface area contributed by atoms with Crippen LogP contribution in [-0.4, -0.2) is 38.6 Å². The number of aromatic hydroxyl groups is 1. The van der Waals surface area contributed by atoms with Crippen molar-refractivity contribution in [2.24, 2.45) is 7.05 Å². The minimum atomic E-state index is -0.221. The number of ether oxygens (including phenoxy) is 1. The molecule has 2 N–H and O–H groups in total. The Morgan fingerprint density at radius 3 is 2.63 bits per heavy atom. The molecule has 8 heteroatoms. The number of phenolic OH excluding ortho intramolecular Hbond substituents is 1. The minimum Gasteiger partial charge on any atom is -0.506 e. The Hall–Kier alpha value is -3.00. The van der Waals surface area contributed by atoms with E-state index < -0.39 is 0 Å². The van der Waals surface area contributed by atoms with E-state index in [1.807, 2.05) is 35.9 Å². The van der Waals surface area contributed by atoms with E-state index in [1.165, 1.54) is 17.8 Å². The number of benzene rings is 2. The summed E-state index contributed by atoms with van der Waals surface area (Å²) in [5, 5.41) is 21.4. The van der Waals surface area contributed by atoms with Crippen LogP contribution in [0.15, 0.2) is 53.7 Å². The second kappa shape index (κ2) is 8.59. The van der Waals surface area contributed by atoms with Crippen molar-refractivity contribution in [3.63, 3.8) is 0 Å². The van der Waals surface area contributed by atoms with Crippen molar-refractivity contribution >= 4 is 23.4 Å². The summed E-state index contributed by atoms with van der Waals surface area (Å²) in [6.45, 7) is 0. The monoisotopic (exact) mass is 384 g/mol. The van der Waals surface area contributed by atoms with Gasteiger partial charge in [0, 0.05) is 13.5 Å². The van der Waals surface area contributed by atoms with E-state index in [4.69, 9.17) is 4.74 Å². The Balaban J connectivity index is 1.58. The molecule has 1 amide bonds. The van der Waals surface area contributed by atoms with Crippen molar-refractivity contribution in [3.05, 3.63) is 59.9 Å². The molecule has 140 valence electrons. The minimum absolute atomic E-state index is 0.0382. The summed E-state index contributed by atoms with van der Waals surface area (Å²) in [7, 11) is 3.51. The second-order valence-electron chi connectivity index (χ2n) is 5.84. The van der Waals surface area contributed by atoms with Gasteiger partial charge in [0.25, 0.3) is 0 Å². The van der Waals surface area contributed by atoms with Gasteiger partial charge in [0.05, 0.1) is 18.6 Å². The summed E-state index contributed by atoms with van der Waals surface area (Å²) in [5.41, 5.74) is 1.49. The Kier molecular flexibility index (Phi) is 5.97. The second-order valence-corrected chi connectivity index (χ2v) is 6.78. The first-order chi connectivity index (χ1) is 13.1. The number of nitrogens with one attached hydrogen (secondary N) is 1. The van der Waals surface area contributed by atoms with Gasteiger partial charge in [-0.05, 0) is 29.8 Å². The van der Waals surface area contributed by atoms with Gasteiger partial charge in [-0.25, -0.2) is 0 Å². The van der Waals surface area contributed by atoms with Crippen molar-refractivity contribution in [2.75, 3.05) is 18.2 Å².